The van der Waals surface area contributed by atoms with Gasteiger partial charge in [-0.25, -0.2) is 0 Å². The molecule has 0 saturated carbocycles. The summed E-state index contributed by atoms with van der Waals surface area (Å²) in [6.07, 6.45) is 0.477. The highest BCUT2D eigenvalue weighted by atomic mass is 33.1. The normalized spacial score (nSPS) is 11.0. The van der Waals surface area contributed by atoms with Crippen molar-refractivity contribution in [1.29, 1.82) is 0 Å². The average molecular weight is 307 g/mol. The molecule has 0 aliphatic heterocycles. The summed E-state index contributed by atoms with van der Waals surface area (Å²) in [7, 11) is 1.83. The smallest absolute Gasteiger partial charge is 0.201 e. The first-order valence-corrected chi connectivity index (χ1v) is 7.75. The highest BCUT2D eigenvalue weighted by Gasteiger charge is 2.12. The third-order valence-corrected chi connectivity index (χ3v) is 3.81. The van der Waals surface area contributed by atoms with Gasteiger partial charge in [0.1, 0.15) is 0 Å². The highest BCUT2D eigenvalue weighted by Crippen LogP contribution is 2.28. The fourth-order valence-electron chi connectivity index (χ4n) is 0.459. The van der Waals surface area contributed by atoms with E-state index in [0.29, 0.717) is 0 Å². The van der Waals surface area contributed by atoms with Crippen LogP contribution in [0.25, 0.3) is 0 Å². The second kappa shape index (κ2) is 8.58. The minimum Gasteiger partial charge on any atom is -0.286 e. The van der Waals surface area contributed by atoms with Crippen LogP contribution in [0.2, 0.25) is 0 Å². The maximum absolute atomic E-state index is 11.1. The van der Waals surface area contributed by atoms with Crippen LogP contribution in [0, 0.1) is 0 Å². The van der Waals surface area contributed by atoms with Crippen LogP contribution in [0.5, 0.6) is 0 Å². The molecule has 0 aromatic heterocycles. The van der Waals surface area contributed by atoms with Gasteiger partial charge in [0.2, 0.25) is 10.2 Å². The van der Waals surface area contributed by atoms with E-state index in [9.17, 15) is 9.59 Å². The highest BCUT2D eigenvalue weighted by molar-refractivity contribution is 8.87. The second-order valence-corrected chi connectivity index (χ2v) is 7.83. The van der Waals surface area contributed by atoms with E-state index >= 15 is 0 Å². The zero-order valence-corrected chi connectivity index (χ0v) is 12.2. The summed E-state index contributed by atoms with van der Waals surface area (Å²) in [6, 6.07) is 0. The minimum absolute atomic E-state index is 0.103. The molecule has 8 heteroatoms. The van der Waals surface area contributed by atoms with E-state index in [2.05, 4.69) is 50.5 Å². The summed E-state index contributed by atoms with van der Waals surface area (Å²) >= 11 is 15.8. The molecule has 0 atom stereocenters. The fourth-order valence-corrected chi connectivity index (χ4v) is 3.24. The molecule has 0 spiro atoms. The van der Waals surface area contributed by atoms with E-state index in [0.717, 1.165) is 21.6 Å². The zero-order valence-electron chi connectivity index (χ0n) is 6.99. The number of hydrogen-bond donors (Lipinski definition) is 4. The van der Waals surface area contributed by atoms with E-state index in [1.165, 1.54) is 0 Å². The third-order valence-electron chi connectivity index (χ3n) is 0.926. The van der Waals surface area contributed by atoms with Crippen LogP contribution in [0.4, 0.5) is 0 Å². The van der Waals surface area contributed by atoms with Gasteiger partial charge in [0.15, 0.2) is 0 Å². The van der Waals surface area contributed by atoms with Crippen LogP contribution < -0.4 is 0 Å². The van der Waals surface area contributed by atoms with Crippen molar-refractivity contribution in [3.05, 3.63) is 0 Å². The molecule has 0 unspecified atom stereocenters. The molecule has 0 radical (unpaired) electrons. The lowest BCUT2D eigenvalue weighted by atomic mass is 10.5. The molecule has 0 aromatic rings. The summed E-state index contributed by atoms with van der Waals surface area (Å²) in [5.74, 6) is 0. The predicted octanol–water partition coefficient (Wildman–Crippen LogP) is 2.57. The third kappa shape index (κ3) is 9.97. The molecule has 0 bridgehead atoms. The van der Waals surface area contributed by atoms with Gasteiger partial charge in [-0.15, -0.1) is 0 Å². The van der Waals surface area contributed by atoms with Crippen LogP contribution >= 0.6 is 72.1 Å². The zero-order chi connectivity index (χ0) is 11.1. The summed E-state index contributed by atoms with van der Waals surface area (Å²) < 4.78 is -0.540. The summed E-state index contributed by atoms with van der Waals surface area (Å²) in [4.78, 5) is 22.2. The van der Waals surface area contributed by atoms with Crippen molar-refractivity contribution in [1.82, 2.24) is 0 Å². The van der Waals surface area contributed by atoms with E-state index < -0.39 is 0 Å². The lowest BCUT2D eigenvalue weighted by Gasteiger charge is -2.02. The lowest BCUT2D eigenvalue weighted by Crippen LogP contribution is -2.00. The topological polar surface area (TPSA) is 34.1 Å². The Bertz CT molecular complexity index is 182. The van der Waals surface area contributed by atoms with Crippen molar-refractivity contribution in [2.75, 3.05) is 0 Å². The fraction of sp³-hybridized carbons (Fsp3) is 0.667. The monoisotopic (exact) mass is 306 g/mol. The summed E-state index contributed by atoms with van der Waals surface area (Å²) in [5, 5.41) is -0.207. The molecule has 0 heterocycles. The maximum atomic E-state index is 11.1. The Kier molecular flexibility index (Phi) is 9.46. The van der Waals surface area contributed by atoms with Crippen LogP contribution in [0.1, 0.15) is 12.8 Å². The van der Waals surface area contributed by atoms with Gasteiger partial charge in [-0.3, -0.25) is 9.59 Å². The first-order chi connectivity index (χ1) is 6.41. The van der Waals surface area contributed by atoms with Gasteiger partial charge >= 0.3 is 0 Å². The Morgan fingerprint density at radius 2 is 1.14 bits per heavy atom. The standard InChI is InChI=1S/C6H10O2S6/c7-3(1-5(9)10)13-14-4(8)2-6(11)12/h5-6,9-12H,1-2H2. The quantitative estimate of drug-likeness (QED) is 0.366. The van der Waals surface area contributed by atoms with E-state index in [1.54, 1.807) is 0 Å². The Labute approximate surface area is 113 Å². The molecule has 0 N–H and O–H groups in total. The van der Waals surface area contributed by atoms with Crippen LogP contribution in [-0.2, 0) is 9.59 Å². The van der Waals surface area contributed by atoms with Crippen molar-refractivity contribution in [2.24, 2.45) is 0 Å². The second-order valence-electron chi connectivity index (χ2n) is 2.28. The molecule has 0 fully saturated rings. The molecule has 14 heavy (non-hydrogen) atoms. The molecule has 0 rings (SSSR count). The van der Waals surface area contributed by atoms with Gasteiger partial charge < -0.3 is 0 Å². The molecule has 0 aliphatic carbocycles. The summed E-state index contributed by atoms with van der Waals surface area (Å²) in [6.45, 7) is 0. The Hall–Kier alpha value is 1.44. The first kappa shape index (κ1) is 15.4. The molecule has 2 nitrogen and oxygen atoms in total. The largest absolute Gasteiger partial charge is 0.286 e. The number of rotatable bonds is 4. The van der Waals surface area contributed by atoms with Crippen LogP contribution in [-0.4, -0.2) is 19.4 Å². The van der Waals surface area contributed by atoms with Crippen molar-refractivity contribution in [3.8, 4) is 0 Å². The van der Waals surface area contributed by atoms with Gasteiger partial charge in [-0.05, 0) is 21.6 Å². The summed E-state index contributed by atoms with van der Waals surface area (Å²) in [5.41, 5.74) is 0. The molecular weight excluding hydrogens is 296 g/mol. The van der Waals surface area contributed by atoms with Gasteiger partial charge in [0, 0.05) is 12.8 Å². The van der Waals surface area contributed by atoms with Gasteiger partial charge in [0.05, 0.1) is 9.16 Å². The Morgan fingerprint density at radius 1 is 0.857 bits per heavy atom. The van der Waals surface area contributed by atoms with Gasteiger partial charge in [-0.1, -0.05) is 0 Å². The predicted molar refractivity (Wildman–Crippen MR) is 78.0 cm³/mol. The van der Waals surface area contributed by atoms with Crippen LogP contribution in [0.15, 0.2) is 0 Å². The van der Waals surface area contributed by atoms with Crippen molar-refractivity contribution < 1.29 is 9.59 Å². The first-order valence-electron chi connectivity index (χ1n) is 3.54. The molecule has 0 aliphatic rings. The number of carbonyl (C=O) groups excluding carboxylic acids is 2. The molecule has 82 valence electrons. The van der Waals surface area contributed by atoms with E-state index in [4.69, 9.17) is 0 Å². The SMILES string of the molecule is O=C(CC(S)S)SSC(=O)CC(S)S. The molecule has 0 saturated heterocycles. The average Bonchev–Trinajstić information content (AvgIpc) is 1.98. The maximum Gasteiger partial charge on any atom is 0.201 e. The Morgan fingerprint density at radius 3 is 1.36 bits per heavy atom. The van der Waals surface area contributed by atoms with E-state index in [-0.39, 0.29) is 32.2 Å². The number of hydrogen-bond acceptors (Lipinski definition) is 8. The number of thiol groups is 4. The minimum atomic E-state index is -0.270. The molecule has 0 aromatic carbocycles. The lowest BCUT2D eigenvalue weighted by molar-refractivity contribution is -0.111. The van der Waals surface area contributed by atoms with Crippen molar-refractivity contribution >= 4 is 82.3 Å². The van der Waals surface area contributed by atoms with Crippen LogP contribution in [0.3, 0.4) is 0 Å². The van der Waals surface area contributed by atoms with Crippen molar-refractivity contribution in [3.63, 3.8) is 0 Å². The van der Waals surface area contributed by atoms with Gasteiger partial charge in [-0.2, -0.15) is 50.5 Å². The van der Waals surface area contributed by atoms with E-state index in [1.807, 2.05) is 0 Å². The molecular formula is C6H10O2S6. The Balaban J connectivity index is 3.61. The van der Waals surface area contributed by atoms with Crippen molar-refractivity contribution in [2.45, 2.75) is 22.0 Å². The van der Waals surface area contributed by atoms with Gasteiger partial charge in [0.25, 0.3) is 0 Å². The molecule has 0 amide bonds. The number of carbonyl (C=O) groups is 2.